The topological polar surface area (TPSA) is 25.8 Å². The summed E-state index contributed by atoms with van der Waals surface area (Å²) in [5.41, 5.74) is 0.921. The lowest BCUT2D eigenvalue weighted by Crippen LogP contribution is -2.13. The molecular weight excluding hydrogens is 364 g/mol. The van der Waals surface area contributed by atoms with Gasteiger partial charge in [0.25, 0.3) is 0 Å². The molecule has 2 aliphatic carbocycles. The van der Waals surface area contributed by atoms with Crippen molar-refractivity contribution in [1.82, 2.24) is 9.97 Å². The van der Waals surface area contributed by atoms with Crippen LogP contribution in [-0.2, 0) is 0 Å². The van der Waals surface area contributed by atoms with Crippen LogP contribution in [0.4, 0.5) is 0 Å². The van der Waals surface area contributed by atoms with E-state index in [2.05, 4.69) is 47.5 Å². The normalized spacial score (nSPS) is 26.2. The molecule has 0 atom stereocenters. The van der Waals surface area contributed by atoms with E-state index in [-0.39, 0.29) is 0 Å². The van der Waals surface area contributed by atoms with Crippen LogP contribution < -0.4 is 0 Å². The van der Waals surface area contributed by atoms with Crippen LogP contribution in [0.25, 0.3) is 0 Å². The van der Waals surface area contributed by atoms with Crippen molar-refractivity contribution in [2.75, 3.05) is 0 Å². The monoisotopic (exact) mass is 404 g/mol. The highest BCUT2D eigenvalue weighted by Gasteiger charge is 2.20. The molecule has 0 saturated heterocycles. The molecule has 1 aromatic heterocycles. The molecule has 2 saturated carbocycles. The molecule has 30 heavy (non-hydrogen) atoms. The number of hydrogen-bond donors (Lipinski definition) is 0. The molecule has 0 N–H and O–H groups in total. The molecule has 0 radical (unpaired) electrons. The number of rotatable bonds is 6. The molecule has 0 bridgehead atoms. The van der Waals surface area contributed by atoms with Crippen LogP contribution in [0.1, 0.15) is 115 Å². The van der Waals surface area contributed by atoms with E-state index in [1.165, 1.54) is 89.9 Å². The summed E-state index contributed by atoms with van der Waals surface area (Å²) in [7, 11) is 0. The van der Waals surface area contributed by atoms with Crippen LogP contribution in [0.3, 0.4) is 0 Å². The molecule has 1 heterocycles. The zero-order chi connectivity index (χ0) is 21.0. The van der Waals surface area contributed by atoms with E-state index in [9.17, 15) is 0 Å². The summed E-state index contributed by atoms with van der Waals surface area (Å²) in [6, 6.07) is 0. The summed E-state index contributed by atoms with van der Waals surface area (Å²) in [4.78, 5) is 8.88. The maximum Gasteiger partial charge on any atom is 0.204 e. The molecule has 1 aromatic rings. The first kappa shape index (κ1) is 22.9. The van der Waals surface area contributed by atoms with Crippen molar-refractivity contribution in [3.63, 3.8) is 0 Å². The van der Waals surface area contributed by atoms with E-state index in [1.807, 2.05) is 12.4 Å². The minimum atomic E-state index is 0.526. The van der Waals surface area contributed by atoms with E-state index in [1.54, 1.807) is 0 Å². The molecule has 162 valence electrons. The lowest BCUT2D eigenvalue weighted by Gasteiger charge is -2.25. The molecule has 0 aromatic carbocycles. The van der Waals surface area contributed by atoms with Gasteiger partial charge in [-0.25, -0.2) is 9.97 Å². The van der Waals surface area contributed by atoms with Gasteiger partial charge in [-0.3, -0.25) is 0 Å². The summed E-state index contributed by atoms with van der Waals surface area (Å²) in [6.45, 7) is 4.57. The van der Waals surface area contributed by atoms with E-state index >= 15 is 0 Å². The van der Waals surface area contributed by atoms with Gasteiger partial charge in [0.15, 0.2) is 0 Å². The Kier molecular flexibility index (Phi) is 9.76. The third-order valence-corrected chi connectivity index (χ3v) is 7.09. The third-order valence-electron chi connectivity index (χ3n) is 7.09. The van der Waals surface area contributed by atoms with Gasteiger partial charge in [-0.05, 0) is 69.1 Å². The van der Waals surface area contributed by atoms with Crippen molar-refractivity contribution in [2.24, 2.45) is 23.7 Å². The molecule has 0 unspecified atom stereocenters. The van der Waals surface area contributed by atoms with Gasteiger partial charge in [0.1, 0.15) is 0 Å². The Morgan fingerprint density at radius 3 is 1.63 bits per heavy atom. The summed E-state index contributed by atoms with van der Waals surface area (Å²) in [6.07, 6.45) is 22.3. The fourth-order valence-corrected chi connectivity index (χ4v) is 4.99. The minimum absolute atomic E-state index is 0.526. The maximum atomic E-state index is 4.44. The van der Waals surface area contributed by atoms with Crippen molar-refractivity contribution >= 4 is 0 Å². The standard InChI is InChI=1S/C28H40N2/c1-3-5-7-23-9-13-25(14-10-23)17-18-27-21-29-28(30-22-27)20-19-26-15-11-24(12-16-26)8-6-4-2/h21-26H,3-16H2,1-2H3/t23-,24-,25-,26-. The second-order valence-electron chi connectivity index (χ2n) is 9.55. The predicted octanol–water partition coefficient (Wildman–Crippen LogP) is 7.17. The second kappa shape index (κ2) is 12.8. The fraction of sp³-hybridized carbons (Fsp3) is 0.714. The number of unbranched alkanes of at least 4 members (excludes halogenated alkanes) is 2. The zero-order valence-electron chi connectivity index (χ0n) is 19.3. The highest BCUT2D eigenvalue weighted by molar-refractivity contribution is 5.32. The SMILES string of the molecule is CCCC[C@H]1CC[C@H](C#Cc2cnc(C#C[C@H]3CC[C@H](CCCC)CC3)nc2)CC1. The number of hydrogen-bond acceptors (Lipinski definition) is 2. The van der Waals surface area contributed by atoms with Gasteiger partial charge in [0, 0.05) is 24.2 Å². The van der Waals surface area contributed by atoms with E-state index < -0.39 is 0 Å². The van der Waals surface area contributed by atoms with Crippen LogP contribution in [0.2, 0.25) is 0 Å². The molecule has 2 fully saturated rings. The van der Waals surface area contributed by atoms with Crippen molar-refractivity contribution in [3.8, 4) is 23.7 Å². The highest BCUT2D eigenvalue weighted by atomic mass is 14.8. The number of nitrogens with zero attached hydrogens (tertiary/aromatic N) is 2. The first-order chi connectivity index (χ1) is 14.8. The smallest absolute Gasteiger partial charge is 0.204 e. The summed E-state index contributed by atoms with van der Waals surface area (Å²) in [5, 5.41) is 0. The van der Waals surface area contributed by atoms with Crippen LogP contribution in [0.15, 0.2) is 12.4 Å². The molecule has 2 heteroatoms. The lowest BCUT2D eigenvalue weighted by atomic mass is 9.80. The van der Waals surface area contributed by atoms with Crippen molar-refractivity contribution < 1.29 is 0 Å². The number of aromatic nitrogens is 2. The van der Waals surface area contributed by atoms with E-state index in [4.69, 9.17) is 0 Å². The van der Waals surface area contributed by atoms with Gasteiger partial charge in [-0.1, -0.05) is 70.1 Å². The molecule has 3 rings (SSSR count). The van der Waals surface area contributed by atoms with Gasteiger partial charge in [0.05, 0.1) is 5.56 Å². The molecular formula is C28H40N2. The van der Waals surface area contributed by atoms with Crippen LogP contribution in [0, 0.1) is 47.4 Å². The average Bonchev–Trinajstić information content (AvgIpc) is 2.80. The van der Waals surface area contributed by atoms with Gasteiger partial charge in [-0.15, -0.1) is 0 Å². The Labute approximate surface area is 185 Å². The minimum Gasteiger partial charge on any atom is -0.228 e. The zero-order valence-corrected chi connectivity index (χ0v) is 19.3. The van der Waals surface area contributed by atoms with Gasteiger partial charge >= 0.3 is 0 Å². The summed E-state index contributed by atoms with van der Waals surface area (Å²) < 4.78 is 0. The Hall–Kier alpha value is -1.80. The highest BCUT2D eigenvalue weighted by Crippen LogP contribution is 2.32. The molecule has 0 aliphatic heterocycles. The van der Waals surface area contributed by atoms with Crippen molar-refractivity contribution in [3.05, 3.63) is 23.8 Å². The maximum absolute atomic E-state index is 4.44. The molecule has 0 amide bonds. The Morgan fingerprint density at radius 2 is 1.17 bits per heavy atom. The van der Waals surface area contributed by atoms with Crippen LogP contribution >= 0.6 is 0 Å². The van der Waals surface area contributed by atoms with Gasteiger partial charge in [0.2, 0.25) is 5.82 Å². The quantitative estimate of drug-likeness (QED) is 0.470. The van der Waals surface area contributed by atoms with Crippen molar-refractivity contribution in [1.29, 1.82) is 0 Å². The summed E-state index contributed by atoms with van der Waals surface area (Å²) in [5.74, 6) is 17.0. The molecule has 2 aliphatic rings. The van der Waals surface area contributed by atoms with Gasteiger partial charge in [-0.2, -0.15) is 0 Å². The Balaban J connectivity index is 1.42. The molecule has 2 nitrogen and oxygen atoms in total. The Morgan fingerprint density at radius 1 is 0.700 bits per heavy atom. The van der Waals surface area contributed by atoms with E-state index in [0.29, 0.717) is 17.7 Å². The first-order valence-corrected chi connectivity index (χ1v) is 12.6. The van der Waals surface area contributed by atoms with Gasteiger partial charge < -0.3 is 0 Å². The second-order valence-corrected chi connectivity index (χ2v) is 9.55. The van der Waals surface area contributed by atoms with E-state index in [0.717, 1.165) is 17.4 Å². The Bertz CT molecular complexity index is 662. The lowest BCUT2D eigenvalue weighted by molar-refractivity contribution is 0.296. The van der Waals surface area contributed by atoms with Crippen molar-refractivity contribution in [2.45, 2.75) is 104 Å². The summed E-state index contributed by atoms with van der Waals surface area (Å²) >= 11 is 0. The average molecular weight is 405 g/mol. The van der Waals surface area contributed by atoms with Crippen LogP contribution in [-0.4, -0.2) is 9.97 Å². The predicted molar refractivity (Wildman–Crippen MR) is 126 cm³/mol. The van der Waals surface area contributed by atoms with Crippen LogP contribution in [0.5, 0.6) is 0 Å². The first-order valence-electron chi connectivity index (χ1n) is 12.6. The largest absolute Gasteiger partial charge is 0.228 e. The third kappa shape index (κ3) is 7.80. The fourth-order valence-electron chi connectivity index (χ4n) is 4.99. The molecule has 0 spiro atoms.